The molecule has 0 saturated heterocycles. The summed E-state index contributed by atoms with van der Waals surface area (Å²) >= 11 is 0. The fraction of sp³-hybridized carbons (Fsp3) is 0.571. The van der Waals surface area contributed by atoms with Crippen molar-refractivity contribution in [1.82, 2.24) is 5.43 Å². The zero-order valence-corrected chi connectivity index (χ0v) is 11.8. The maximum absolute atomic E-state index is 13.7. The number of hydrazine groups is 1. The second-order valence-corrected chi connectivity index (χ2v) is 5.74. The van der Waals surface area contributed by atoms with Gasteiger partial charge in [-0.3, -0.25) is 11.3 Å². The Kier molecular flexibility index (Phi) is 5.40. The molecule has 108 valence electrons. The van der Waals surface area contributed by atoms with Crippen molar-refractivity contribution >= 4 is 0 Å². The highest BCUT2D eigenvalue weighted by Gasteiger charge is 2.32. The maximum atomic E-state index is 13.7. The van der Waals surface area contributed by atoms with E-state index in [9.17, 15) is 8.78 Å². The van der Waals surface area contributed by atoms with Gasteiger partial charge in [-0.1, -0.05) is 26.8 Å². The zero-order chi connectivity index (χ0) is 14.6. The van der Waals surface area contributed by atoms with Crippen LogP contribution in [0.4, 0.5) is 8.78 Å². The molecule has 1 aromatic carbocycles. The lowest BCUT2D eigenvalue weighted by Gasteiger charge is -2.35. The van der Waals surface area contributed by atoms with E-state index >= 15 is 0 Å². The lowest BCUT2D eigenvalue weighted by molar-refractivity contribution is -0.0112. The van der Waals surface area contributed by atoms with Gasteiger partial charge in [-0.2, -0.15) is 0 Å². The number of nitrogens with two attached hydrogens (primary N) is 1. The van der Waals surface area contributed by atoms with Crippen LogP contribution in [0.25, 0.3) is 0 Å². The normalized spacial score (nSPS) is 15.3. The first kappa shape index (κ1) is 16.0. The van der Waals surface area contributed by atoms with Crippen molar-refractivity contribution in [3.8, 4) is 0 Å². The van der Waals surface area contributed by atoms with E-state index in [1.54, 1.807) is 7.11 Å². The van der Waals surface area contributed by atoms with Gasteiger partial charge in [0.25, 0.3) is 0 Å². The molecule has 0 heterocycles. The molecule has 0 aliphatic heterocycles. The number of methoxy groups -OCH3 is 1. The smallest absolute Gasteiger partial charge is 0.129 e. The van der Waals surface area contributed by atoms with Gasteiger partial charge in [0.1, 0.15) is 11.6 Å². The van der Waals surface area contributed by atoms with E-state index in [4.69, 9.17) is 10.6 Å². The van der Waals surface area contributed by atoms with Gasteiger partial charge in [0, 0.05) is 13.2 Å². The second kappa shape index (κ2) is 6.41. The molecule has 0 spiro atoms. The summed E-state index contributed by atoms with van der Waals surface area (Å²) in [4.78, 5) is 0. The third kappa shape index (κ3) is 4.23. The van der Waals surface area contributed by atoms with Crippen LogP contribution in [-0.4, -0.2) is 19.3 Å². The number of hydrogen-bond acceptors (Lipinski definition) is 3. The van der Waals surface area contributed by atoms with Crippen LogP contribution in [0.1, 0.15) is 26.3 Å². The van der Waals surface area contributed by atoms with Crippen molar-refractivity contribution in [3.05, 3.63) is 35.4 Å². The Hall–Kier alpha value is -1.04. The highest BCUT2D eigenvalue weighted by Crippen LogP contribution is 2.26. The minimum atomic E-state index is -0.586. The summed E-state index contributed by atoms with van der Waals surface area (Å²) in [6, 6.07) is 3.29. The largest absolute Gasteiger partial charge is 0.379 e. The number of halogens is 2. The molecule has 5 heteroatoms. The predicted octanol–water partition coefficient (Wildman–Crippen LogP) is 2.40. The minimum absolute atomic E-state index is 0.151. The van der Waals surface area contributed by atoms with Crippen LogP contribution in [0.15, 0.2) is 18.2 Å². The number of rotatable bonds is 5. The minimum Gasteiger partial charge on any atom is -0.379 e. The summed E-state index contributed by atoms with van der Waals surface area (Å²) in [6.07, 6.45) is 0.139. The SMILES string of the molecule is COC(C(Cc1ccc(F)cc1F)NN)C(C)(C)C. The van der Waals surface area contributed by atoms with E-state index in [0.717, 1.165) is 6.07 Å². The molecule has 0 radical (unpaired) electrons. The molecule has 0 amide bonds. The van der Waals surface area contributed by atoms with Gasteiger partial charge in [-0.15, -0.1) is 0 Å². The molecule has 3 nitrogen and oxygen atoms in total. The van der Waals surface area contributed by atoms with Crippen molar-refractivity contribution in [1.29, 1.82) is 0 Å². The Morgan fingerprint density at radius 2 is 1.95 bits per heavy atom. The highest BCUT2D eigenvalue weighted by molar-refractivity contribution is 5.20. The average molecular weight is 272 g/mol. The quantitative estimate of drug-likeness (QED) is 0.639. The number of ether oxygens (including phenoxy) is 1. The molecule has 0 fully saturated rings. The van der Waals surface area contributed by atoms with Gasteiger partial charge in [-0.05, 0) is 23.5 Å². The Morgan fingerprint density at radius 3 is 2.37 bits per heavy atom. The van der Waals surface area contributed by atoms with E-state index in [2.05, 4.69) is 5.43 Å². The van der Waals surface area contributed by atoms with E-state index in [0.29, 0.717) is 12.0 Å². The van der Waals surface area contributed by atoms with Gasteiger partial charge in [0.15, 0.2) is 0 Å². The molecule has 0 aliphatic carbocycles. The van der Waals surface area contributed by atoms with E-state index in [1.807, 2.05) is 20.8 Å². The standard InChI is InChI=1S/C14H22F2N2O/c1-14(2,3)13(19-4)12(18-17)7-9-5-6-10(15)8-11(9)16/h5-6,8,12-13,18H,7,17H2,1-4H3. The monoisotopic (exact) mass is 272 g/mol. The Balaban J connectivity index is 2.92. The molecule has 0 aliphatic rings. The van der Waals surface area contributed by atoms with Gasteiger partial charge in [0.2, 0.25) is 0 Å². The lowest BCUT2D eigenvalue weighted by atomic mass is 9.82. The van der Waals surface area contributed by atoms with Crippen LogP contribution < -0.4 is 11.3 Å². The number of benzene rings is 1. The molecule has 19 heavy (non-hydrogen) atoms. The Morgan fingerprint density at radius 1 is 1.32 bits per heavy atom. The molecule has 1 rings (SSSR count). The van der Waals surface area contributed by atoms with Gasteiger partial charge >= 0.3 is 0 Å². The van der Waals surface area contributed by atoms with Crippen molar-refractivity contribution in [2.45, 2.75) is 39.3 Å². The van der Waals surface area contributed by atoms with Gasteiger partial charge < -0.3 is 4.74 Å². The third-order valence-corrected chi connectivity index (χ3v) is 3.14. The second-order valence-electron chi connectivity index (χ2n) is 5.74. The first-order valence-corrected chi connectivity index (χ1v) is 6.22. The summed E-state index contributed by atoms with van der Waals surface area (Å²) in [7, 11) is 1.60. The molecule has 1 aromatic rings. The van der Waals surface area contributed by atoms with Crippen LogP contribution in [0.5, 0.6) is 0 Å². The van der Waals surface area contributed by atoms with Gasteiger partial charge in [0.05, 0.1) is 12.1 Å². The molecule has 3 N–H and O–H groups in total. The summed E-state index contributed by atoms with van der Waals surface area (Å²) in [5.74, 6) is 4.40. The van der Waals surface area contributed by atoms with Crippen molar-refractivity contribution in [2.75, 3.05) is 7.11 Å². The summed E-state index contributed by atoms with van der Waals surface area (Å²) in [5, 5.41) is 0. The highest BCUT2D eigenvalue weighted by atomic mass is 19.1. The van der Waals surface area contributed by atoms with Crippen molar-refractivity contribution in [2.24, 2.45) is 11.3 Å². The van der Waals surface area contributed by atoms with Crippen LogP contribution in [0, 0.1) is 17.0 Å². The van der Waals surface area contributed by atoms with E-state index < -0.39 is 11.6 Å². The van der Waals surface area contributed by atoms with E-state index in [-0.39, 0.29) is 17.6 Å². The first-order valence-electron chi connectivity index (χ1n) is 6.22. The molecule has 0 aromatic heterocycles. The Bertz CT molecular complexity index is 418. The van der Waals surface area contributed by atoms with Crippen LogP contribution in [-0.2, 0) is 11.2 Å². The number of nitrogens with one attached hydrogen (secondary N) is 1. The predicted molar refractivity (Wildman–Crippen MR) is 71.4 cm³/mol. The maximum Gasteiger partial charge on any atom is 0.129 e. The summed E-state index contributed by atoms with van der Waals surface area (Å²) in [6.45, 7) is 6.06. The molecular weight excluding hydrogens is 250 g/mol. The van der Waals surface area contributed by atoms with Crippen LogP contribution in [0.2, 0.25) is 0 Å². The van der Waals surface area contributed by atoms with E-state index in [1.165, 1.54) is 12.1 Å². The molecule has 0 saturated carbocycles. The molecule has 0 bridgehead atoms. The topological polar surface area (TPSA) is 47.3 Å². The fourth-order valence-electron chi connectivity index (χ4n) is 2.30. The molecule has 2 atom stereocenters. The molecule has 2 unspecified atom stereocenters. The van der Waals surface area contributed by atoms with Crippen LogP contribution in [0.3, 0.4) is 0 Å². The number of hydrogen-bond donors (Lipinski definition) is 2. The summed E-state index contributed by atoms with van der Waals surface area (Å²) < 4.78 is 32.0. The van der Waals surface area contributed by atoms with Gasteiger partial charge in [-0.25, -0.2) is 8.78 Å². The summed E-state index contributed by atoms with van der Waals surface area (Å²) in [5.41, 5.74) is 2.93. The lowest BCUT2D eigenvalue weighted by Crippen LogP contribution is -2.51. The van der Waals surface area contributed by atoms with Crippen molar-refractivity contribution in [3.63, 3.8) is 0 Å². The third-order valence-electron chi connectivity index (χ3n) is 3.14. The first-order chi connectivity index (χ1) is 8.79. The van der Waals surface area contributed by atoms with Crippen LogP contribution >= 0.6 is 0 Å². The Labute approximate surface area is 113 Å². The van der Waals surface area contributed by atoms with Crippen molar-refractivity contribution < 1.29 is 13.5 Å². The average Bonchev–Trinajstić information content (AvgIpc) is 2.30. The molecular formula is C14H22F2N2O. The fourth-order valence-corrected chi connectivity index (χ4v) is 2.30. The zero-order valence-electron chi connectivity index (χ0n) is 11.8.